The van der Waals surface area contributed by atoms with Crippen molar-refractivity contribution in [3.8, 4) is 0 Å². The maximum Gasteiger partial charge on any atom is 0.254 e. The molecule has 0 aromatic heterocycles. The summed E-state index contributed by atoms with van der Waals surface area (Å²) in [6.07, 6.45) is 1.05. The number of halogens is 1. The highest BCUT2D eigenvalue weighted by Gasteiger charge is 2.17. The van der Waals surface area contributed by atoms with E-state index in [9.17, 15) is 14.0 Å². The molecule has 0 heterocycles. The Morgan fingerprint density at radius 2 is 2.00 bits per heavy atom. The maximum atomic E-state index is 14.1. The Bertz CT molecular complexity index is 541. The summed E-state index contributed by atoms with van der Waals surface area (Å²) < 4.78 is 14.1. The molecule has 0 fully saturated rings. The topological polar surface area (TPSA) is 69.6 Å². The number of nitrogens with zero attached hydrogens (tertiary/aromatic N) is 1. The fraction of sp³-hybridized carbons (Fsp3) is 0.529. The molecule has 128 valence electrons. The Hall–Kier alpha value is -1.95. The molecule has 0 saturated heterocycles. The first-order valence-corrected chi connectivity index (χ1v) is 7.88. The minimum Gasteiger partial charge on any atom is -0.395 e. The van der Waals surface area contributed by atoms with Gasteiger partial charge in [0.1, 0.15) is 5.82 Å². The Morgan fingerprint density at radius 1 is 1.30 bits per heavy atom. The van der Waals surface area contributed by atoms with Crippen LogP contribution in [-0.4, -0.2) is 41.5 Å². The standard InChI is InChI=1S/C17H25FN2O3/c1-4-7-20(8-9-21)17(23)13-5-6-15(14(18)11-13)19-16(22)10-12(2)3/h5-6,11-12,21H,4,7-10H2,1-3H3,(H,19,22). The van der Waals surface area contributed by atoms with Crippen LogP contribution in [0.4, 0.5) is 10.1 Å². The van der Waals surface area contributed by atoms with Crippen molar-refractivity contribution < 1.29 is 19.1 Å². The lowest BCUT2D eigenvalue weighted by Gasteiger charge is -2.21. The first-order valence-electron chi connectivity index (χ1n) is 7.88. The molecule has 5 nitrogen and oxygen atoms in total. The Labute approximate surface area is 136 Å². The number of carbonyl (C=O) groups excluding carboxylic acids is 2. The first kappa shape index (κ1) is 19.1. The fourth-order valence-electron chi connectivity index (χ4n) is 2.21. The number of hydrogen-bond acceptors (Lipinski definition) is 3. The quantitative estimate of drug-likeness (QED) is 0.772. The van der Waals surface area contributed by atoms with Crippen LogP contribution in [0.1, 0.15) is 44.0 Å². The van der Waals surface area contributed by atoms with E-state index in [4.69, 9.17) is 5.11 Å². The van der Waals surface area contributed by atoms with E-state index in [1.54, 1.807) is 0 Å². The van der Waals surface area contributed by atoms with Crippen LogP contribution < -0.4 is 5.32 Å². The summed E-state index contributed by atoms with van der Waals surface area (Å²) in [6.45, 7) is 6.29. The van der Waals surface area contributed by atoms with Crippen LogP contribution in [0.5, 0.6) is 0 Å². The fourth-order valence-corrected chi connectivity index (χ4v) is 2.21. The van der Waals surface area contributed by atoms with Gasteiger partial charge in [0.05, 0.1) is 12.3 Å². The second kappa shape index (κ2) is 9.25. The van der Waals surface area contributed by atoms with E-state index in [0.717, 1.165) is 12.5 Å². The second-order valence-corrected chi connectivity index (χ2v) is 5.86. The van der Waals surface area contributed by atoms with Crippen molar-refractivity contribution in [3.05, 3.63) is 29.6 Å². The van der Waals surface area contributed by atoms with Gasteiger partial charge in [0.25, 0.3) is 5.91 Å². The maximum absolute atomic E-state index is 14.1. The number of aliphatic hydroxyl groups excluding tert-OH is 1. The number of benzene rings is 1. The predicted molar refractivity (Wildman–Crippen MR) is 87.8 cm³/mol. The third-order valence-corrected chi connectivity index (χ3v) is 3.23. The molecule has 6 heteroatoms. The van der Waals surface area contributed by atoms with Crippen molar-refractivity contribution in [1.82, 2.24) is 4.90 Å². The molecule has 0 saturated carbocycles. The normalized spacial score (nSPS) is 10.7. The van der Waals surface area contributed by atoms with Gasteiger partial charge in [-0.15, -0.1) is 0 Å². The number of carbonyl (C=O) groups is 2. The first-order chi connectivity index (χ1) is 10.9. The van der Waals surface area contributed by atoms with E-state index in [1.165, 1.54) is 17.0 Å². The van der Waals surface area contributed by atoms with Crippen LogP contribution in [0.3, 0.4) is 0 Å². The van der Waals surface area contributed by atoms with E-state index < -0.39 is 5.82 Å². The molecule has 1 aromatic rings. The number of anilines is 1. The molecular weight excluding hydrogens is 299 g/mol. The van der Waals surface area contributed by atoms with Crippen molar-refractivity contribution in [3.63, 3.8) is 0 Å². The molecule has 2 N–H and O–H groups in total. The van der Waals surface area contributed by atoms with E-state index in [0.29, 0.717) is 13.0 Å². The van der Waals surface area contributed by atoms with E-state index in [-0.39, 0.29) is 42.1 Å². The van der Waals surface area contributed by atoms with E-state index in [2.05, 4.69) is 5.32 Å². The molecule has 0 bridgehead atoms. The molecular formula is C17H25FN2O3. The number of nitrogens with one attached hydrogen (secondary N) is 1. The third kappa shape index (κ3) is 5.98. The van der Waals surface area contributed by atoms with Crippen LogP contribution >= 0.6 is 0 Å². The molecule has 0 aliphatic carbocycles. The van der Waals surface area contributed by atoms with E-state index >= 15 is 0 Å². The Balaban J connectivity index is 2.85. The monoisotopic (exact) mass is 324 g/mol. The lowest BCUT2D eigenvalue weighted by molar-refractivity contribution is -0.116. The lowest BCUT2D eigenvalue weighted by atomic mass is 10.1. The van der Waals surface area contributed by atoms with Crippen LogP contribution in [-0.2, 0) is 4.79 Å². The highest BCUT2D eigenvalue weighted by atomic mass is 19.1. The molecule has 0 spiro atoms. The lowest BCUT2D eigenvalue weighted by Crippen LogP contribution is -2.34. The molecule has 0 aliphatic rings. The summed E-state index contributed by atoms with van der Waals surface area (Å²) in [4.78, 5) is 25.5. The van der Waals surface area contributed by atoms with Gasteiger partial charge >= 0.3 is 0 Å². The van der Waals surface area contributed by atoms with Crippen molar-refractivity contribution in [2.24, 2.45) is 5.92 Å². The van der Waals surface area contributed by atoms with Crippen molar-refractivity contribution >= 4 is 17.5 Å². The zero-order valence-corrected chi connectivity index (χ0v) is 13.9. The zero-order valence-electron chi connectivity index (χ0n) is 13.9. The minimum atomic E-state index is -0.645. The van der Waals surface area contributed by atoms with Crippen LogP contribution in [0.25, 0.3) is 0 Å². The van der Waals surface area contributed by atoms with Gasteiger partial charge in [0.15, 0.2) is 0 Å². The van der Waals surface area contributed by atoms with Crippen molar-refractivity contribution in [2.75, 3.05) is 25.0 Å². The zero-order chi connectivity index (χ0) is 17.4. The summed E-state index contributed by atoms with van der Waals surface area (Å²) in [5.41, 5.74) is 0.266. The van der Waals surface area contributed by atoms with Crippen molar-refractivity contribution in [1.29, 1.82) is 0 Å². The van der Waals surface area contributed by atoms with Gasteiger partial charge in [-0.05, 0) is 30.5 Å². The second-order valence-electron chi connectivity index (χ2n) is 5.86. The molecule has 0 atom stereocenters. The van der Waals surface area contributed by atoms with Gasteiger partial charge < -0.3 is 15.3 Å². The summed E-state index contributed by atoms with van der Waals surface area (Å²) >= 11 is 0. The number of rotatable bonds is 8. The number of hydrogen-bond donors (Lipinski definition) is 2. The third-order valence-electron chi connectivity index (χ3n) is 3.23. The van der Waals surface area contributed by atoms with Crippen LogP contribution in [0, 0.1) is 11.7 Å². The van der Waals surface area contributed by atoms with Gasteiger partial charge in [0.2, 0.25) is 5.91 Å². The van der Waals surface area contributed by atoms with Gasteiger partial charge in [-0.2, -0.15) is 0 Å². The number of amides is 2. The summed E-state index contributed by atoms with van der Waals surface area (Å²) in [6, 6.07) is 3.99. The Morgan fingerprint density at radius 3 is 2.52 bits per heavy atom. The average Bonchev–Trinajstić information content (AvgIpc) is 2.47. The van der Waals surface area contributed by atoms with Gasteiger partial charge in [-0.3, -0.25) is 9.59 Å². The van der Waals surface area contributed by atoms with Crippen molar-refractivity contribution in [2.45, 2.75) is 33.6 Å². The highest BCUT2D eigenvalue weighted by molar-refractivity contribution is 5.96. The molecule has 0 aliphatic heterocycles. The predicted octanol–water partition coefficient (Wildman–Crippen LogP) is 2.65. The molecule has 0 radical (unpaired) electrons. The average molecular weight is 324 g/mol. The van der Waals surface area contributed by atoms with E-state index in [1.807, 2.05) is 20.8 Å². The summed E-state index contributed by atoms with van der Waals surface area (Å²) in [5.74, 6) is -1.06. The SMILES string of the molecule is CCCN(CCO)C(=O)c1ccc(NC(=O)CC(C)C)c(F)c1. The number of aliphatic hydroxyl groups is 1. The largest absolute Gasteiger partial charge is 0.395 e. The molecule has 23 heavy (non-hydrogen) atoms. The summed E-state index contributed by atoms with van der Waals surface area (Å²) in [5, 5.41) is 11.5. The van der Waals surface area contributed by atoms with Crippen LogP contribution in [0.15, 0.2) is 18.2 Å². The van der Waals surface area contributed by atoms with Gasteiger partial charge in [-0.25, -0.2) is 4.39 Å². The molecule has 2 amide bonds. The molecule has 0 unspecified atom stereocenters. The summed E-state index contributed by atoms with van der Waals surface area (Å²) in [7, 11) is 0. The van der Waals surface area contributed by atoms with Crippen LogP contribution in [0.2, 0.25) is 0 Å². The smallest absolute Gasteiger partial charge is 0.254 e. The van der Waals surface area contributed by atoms with Gasteiger partial charge in [-0.1, -0.05) is 20.8 Å². The Kier molecular flexibility index (Phi) is 7.68. The molecule has 1 rings (SSSR count). The molecule has 1 aromatic carbocycles. The van der Waals surface area contributed by atoms with Gasteiger partial charge in [0, 0.05) is 25.1 Å². The highest BCUT2D eigenvalue weighted by Crippen LogP contribution is 2.18. The minimum absolute atomic E-state index is 0.0661.